The molecule has 0 N–H and O–H groups in total. The normalized spacial score (nSPS) is 23.4. The van der Waals surface area contributed by atoms with Crippen LogP contribution in [0.5, 0.6) is 0 Å². The molecule has 1 saturated carbocycles. The summed E-state index contributed by atoms with van der Waals surface area (Å²) in [4.78, 5) is 26.2. The molecule has 1 aliphatic carbocycles. The van der Waals surface area contributed by atoms with E-state index in [4.69, 9.17) is 0 Å². The third-order valence-electron chi connectivity index (χ3n) is 6.13. The van der Waals surface area contributed by atoms with Crippen molar-refractivity contribution in [3.05, 3.63) is 60.0 Å². The molecule has 1 unspecified atom stereocenters. The van der Waals surface area contributed by atoms with Crippen LogP contribution in [0.3, 0.4) is 0 Å². The smallest absolute Gasteiger partial charge is 0.255 e. The second-order valence-electron chi connectivity index (χ2n) is 8.39. The van der Waals surface area contributed by atoms with Crippen molar-refractivity contribution < 1.29 is 4.79 Å². The lowest BCUT2D eigenvalue weighted by atomic mass is 10.2. The average molecular weight is 375 g/mol. The lowest BCUT2D eigenvalue weighted by Crippen LogP contribution is -2.33. The van der Waals surface area contributed by atoms with Gasteiger partial charge in [0.1, 0.15) is 5.52 Å². The van der Waals surface area contributed by atoms with E-state index in [0.717, 1.165) is 43.3 Å². The van der Waals surface area contributed by atoms with Crippen LogP contribution in [0.2, 0.25) is 0 Å². The van der Waals surface area contributed by atoms with Crippen LogP contribution in [-0.2, 0) is 6.54 Å². The molecule has 0 spiro atoms. The minimum absolute atomic E-state index is 0.0859. The fourth-order valence-electron chi connectivity index (χ4n) is 4.65. The highest BCUT2D eigenvalue weighted by Crippen LogP contribution is 2.52. The van der Waals surface area contributed by atoms with Crippen LogP contribution in [0.15, 0.2) is 48.9 Å². The quantitative estimate of drug-likeness (QED) is 0.687. The monoisotopic (exact) mass is 375 g/mol. The maximum Gasteiger partial charge on any atom is 0.255 e. The Balaban J connectivity index is 1.29. The molecule has 3 aromatic rings. The summed E-state index contributed by atoms with van der Waals surface area (Å²) in [6.45, 7) is 3.61. The van der Waals surface area contributed by atoms with E-state index in [1.54, 1.807) is 12.5 Å². The number of pyridine rings is 1. The maximum absolute atomic E-state index is 12.9. The van der Waals surface area contributed by atoms with Gasteiger partial charge in [0.25, 0.3) is 5.91 Å². The van der Waals surface area contributed by atoms with E-state index < -0.39 is 0 Å². The highest BCUT2D eigenvalue weighted by Gasteiger charge is 2.56. The van der Waals surface area contributed by atoms with Gasteiger partial charge in [0.15, 0.2) is 5.65 Å². The van der Waals surface area contributed by atoms with Gasteiger partial charge in [0, 0.05) is 25.8 Å². The number of hydrogen-bond acceptors (Lipinski definition) is 4. The molecule has 1 aromatic carbocycles. The Labute approximate surface area is 164 Å². The Hall–Kier alpha value is -2.73. The molecule has 5 rings (SSSR count). The Bertz CT molecular complexity index is 1000. The average Bonchev–Trinajstić information content (AvgIpc) is 3.05. The van der Waals surface area contributed by atoms with Crippen LogP contribution in [0, 0.1) is 17.8 Å². The number of benzene rings is 1. The predicted octanol–water partition coefficient (Wildman–Crippen LogP) is 2.36. The van der Waals surface area contributed by atoms with E-state index >= 15 is 0 Å². The summed E-state index contributed by atoms with van der Waals surface area (Å²) in [7, 11) is 4.24. The van der Waals surface area contributed by atoms with Gasteiger partial charge in [0.2, 0.25) is 0 Å². The number of fused-ring (bicyclic) bond motifs is 2. The third-order valence-corrected chi connectivity index (χ3v) is 6.13. The van der Waals surface area contributed by atoms with Gasteiger partial charge in [-0.3, -0.25) is 4.79 Å². The van der Waals surface area contributed by atoms with Crippen LogP contribution in [0.4, 0.5) is 0 Å². The van der Waals surface area contributed by atoms with Gasteiger partial charge in [-0.15, -0.1) is 0 Å². The number of carbonyl (C=O) groups is 1. The highest BCUT2D eigenvalue weighted by molar-refractivity contribution is 5.96. The molecule has 3 atom stereocenters. The zero-order valence-electron chi connectivity index (χ0n) is 16.3. The molecule has 144 valence electrons. The summed E-state index contributed by atoms with van der Waals surface area (Å²) >= 11 is 0. The zero-order valence-corrected chi connectivity index (χ0v) is 16.3. The van der Waals surface area contributed by atoms with E-state index in [1.807, 2.05) is 33.7 Å². The first kappa shape index (κ1) is 17.4. The van der Waals surface area contributed by atoms with Crippen LogP contribution < -0.4 is 0 Å². The van der Waals surface area contributed by atoms with Gasteiger partial charge in [-0.25, -0.2) is 9.97 Å². The van der Waals surface area contributed by atoms with E-state index in [0.29, 0.717) is 17.4 Å². The molecule has 0 radical (unpaired) electrons. The van der Waals surface area contributed by atoms with E-state index in [9.17, 15) is 4.79 Å². The van der Waals surface area contributed by atoms with E-state index in [-0.39, 0.29) is 5.91 Å². The molecule has 1 saturated heterocycles. The predicted molar refractivity (Wildman–Crippen MR) is 108 cm³/mol. The number of piperidine rings is 1. The molecule has 6 nitrogen and oxygen atoms in total. The lowest BCUT2D eigenvalue weighted by molar-refractivity contribution is 0.0765. The van der Waals surface area contributed by atoms with Crippen molar-refractivity contribution in [3.8, 4) is 0 Å². The number of hydrogen-bond donors (Lipinski definition) is 0. The topological polar surface area (TPSA) is 54.3 Å². The van der Waals surface area contributed by atoms with Gasteiger partial charge in [-0.2, -0.15) is 0 Å². The molecule has 1 aliphatic heterocycles. The highest BCUT2D eigenvalue weighted by atomic mass is 16.2. The van der Waals surface area contributed by atoms with Crippen LogP contribution in [-0.4, -0.2) is 64.0 Å². The fraction of sp³-hybridized carbons (Fsp3) is 0.409. The summed E-state index contributed by atoms with van der Waals surface area (Å²) in [5, 5.41) is 0. The van der Waals surface area contributed by atoms with E-state index in [2.05, 4.69) is 41.1 Å². The van der Waals surface area contributed by atoms with Crippen molar-refractivity contribution in [1.29, 1.82) is 0 Å². The van der Waals surface area contributed by atoms with Crippen molar-refractivity contribution in [2.24, 2.45) is 17.8 Å². The molecule has 0 bridgehead atoms. The second-order valence-corrected chi connectivity index (χ2v) is 8.39. The number of likely N-dealkylation sites (tertiary alicyclic amines) is 1. The van der Waals surface area contributed by atoms with Crippen molar-refractivity contribution in [3.63, 3.8) is 0 Å². The molecule has 6 heteroatoms. The largest absolute Gasteiger partial charge is 0.338 e. The summed E-state index contributed by atoms with van der Waals surface area (Å²) < 4.78 is 2.02. The van der Waals surface area contributed by atoms with E-state index in [1.165, 1.54) is 5.56 Å². The third kappa shape index (κ3) is 3.07. The fourth-order valence-corrected chi connectivity index (χ4v) is 4.65. The molecule has 28 heavy (non-hydrogen) atoms. The molecule has 3 heterocycles. The molecular formula is C22H25N5O. The van der Waals surface area contributed by atoms with Crippen LogP contribution in [0.1, 0.15) is 15.9 Å². The zero-order chi connectivity index (χ0) is 19.3. The first-order valence-corrected chi connectivity index (χ1v) is 9.89. The van der Waals surface area contributed by atoms with Crippen LogP contribution >= 0.6 is 0 Å². The van der Waals surface area contributed by atoms with Gasteiger partial charge in [0.05, 0.1) is 18.4 Å². The Morgan fingerprint density at radius 3 is 2.61 bits per heavy atom. The first-order valence-electron chi connectivity index (χ1n) is 9.89. The summed E-state index contributed by atoms with van der Waals surface area (Å²) in [5.41, 5.74) is 3.43. The maximum atomic E-state index is 12.9. The Morgan fingerprint density at radius 1 is 1.14 bits per heavy atom. The molecular weight excluding hydrogens is 350 g/mol. The Kier molecular flexibility index (Phi) is 4.16. The van der Waals surface area contributed by atoms with Crippen molar-refractivity contribution in [1.82, 2.24) is 24.3 Å². The number of rotatable bonds is 5. The molecule has 2 aliphatic rings. The Morgan fingerprint density at radius 2 is 1.89 bits per heavy atom. The SMILES string of the molecule is CN(C)CC1[C@H]2CN(C(=O)c3cnc4c(c3)ncn4Cc3ccccc3)C[C@@H]12. The number of carbonyl (C=O) groups excluding carboxylic acids is 1. The second kappa shape index (κ2) is 6.71. The standard InChI is InChI=1S/C22H25N5O/c1-25(2)11-17-18-12-26(13-19(17)18)22(28)16-8-20-21(23-9-16)27(14-24-20)10-15-6-4-3-5-7-15/h3-9,14,17-19H,10-13H2,1-2H3/t17?,18-,19+. The van der Waals surface area contributed by atoms with Crippen molar-refractivity contribution in [2.45, 2.75) is 6.54 Å². The first-order chi connectivity index (χ1) is 13.6. The number of nitrogens with zero attached hydrogens (tertiary/aromatic N) is 5. The van der Waals surface area contributed by atoms with Gasteiger partial charge < -0.3 is 14.4 Å². The van der Waals surface area contributed by atoms with Crippen molar-refractivity contribution in [2.75, 3.05) is 33.7 Å². The summed E-state index contributed by atoms with van der Waals surface area (Å²) in [6, 6.07) is 12.1. The minimum Gasteiger partial charge on any atom is -0.338 e. The molecule has 2 aromatic heterocycles. The van der Waals surface area contributed by atoms with Gasteiger partial charge in [-0.05, 0) is 43.5 Å². The number of aromatic nitrogens is 3. The minimum atomic E-state index is 0.0859. The van der Waals surface area contributed by atoms with Gasteiger partial charge in [-0.1, -0.05) is 30.3 Å². The number of amides is 1. The number of imidazole rings is 1. The summed E-state index contributed by atoms with van der Waals surface area (Å²) in [6.07, 6.45) is 3.50. The lowest BCUT2D eigenvalue weighted by Gasteiger charge is -2.21. The summed E-state index contributed by atoms with van der Waals surface area (Å²) in [5.74, 6) is 2.19. The van der Waals surface area contributed by atoms with Crippen LogP contribution in [0.25, 0.3) is 11.2 Å². The van der Waals surface area contributed by atoms with Gasteiger partial charge >= 0.3 is 0 Å². The molecule has 1 amide bonds. The molecule has 2 fully saturated rings. The van der Waals surface area contributed by atoms with Crippen molar-refractivity contribution >= 4 is 17.1 Å².